The predicted molar refractivity (Wildman–Crippen MR) is 121 cm³/mol. The second-order valence-corrected chi connectivity index (χ2v) is 9.15. The minimum Gasteiger partial charge on any atom is -0.484 e. The van der Waals surface area contributed by atoms with E-state index in [1.807, 2.05) is 19.9 Å². The number of amides is 1. The lowest BCUT2D eigenvalue weighted by atomic mass is 9.85. The average Bonchev–Trinajstić information content (AvgIpc) is 2.75. The molecule has 1 fully saturated rings. The third-order valence-electron chi connectivity index (χ3n) is 6.13. The zero-order valence-electron chi connectivity index (χ0n) is 17.6. The summed E-state index contributed by atoms with van der Waals surface area (Å²) in [6, 6.07) is 3.36. The average molecular weight is 465 g/mol. The third-order valence-corrected chi connectivity index (χ3v) is 6.79. The number of carbonyl (C=O) groups is 1. The maximum absolute atomic E-state index is 12.8. The van der Waals surface area contributed by atoms with Crippen LogP contribution in [0.5, 0.6) is 11.5 Å². The first-order valence-corrected chi connectivity index (χ1v) is 11.4. The number of halogens is 2. The molecule has 1 aromatic heterocycles. The fourth-order valence-electron chi connectivity index (χ4n) is 4.44. The van der Waals surface area contributed by atoms with Crippen molar-refractivity contribution in [1.82, 2.24) is 10.3 Å². The number of aromatic amines is 1. The zero-order chi connectivity index (χ0) is 22.1. The van der Waals surface area contributed by atoms with E-state index < -0.39 is 5.91 Å². The van der Waals surface area contributed by atoms with Crippen LogP contribution in [0.2, 0.25) is 10.0 Å². The molecule has 1 aliphatic heterocycles. The van der Waals surface area contributed by atoms with Crippen molar-refractivity contribution in [3.05, 3.63) is 54.9 Å². The van der Waals surface area contributed by atoms with E-state index in [4.69, 9.17) is 32.7 Å². The number of carbonyl (C=O) groups excluding carboxylic acids is 1. The molecule has 1 saturated carbocycles. The fourth-order valence-corrected chi connectivity index (χ4v) is 4.96. The van der Waals surface area contributed by atoms with Crippen molar-refractivity contribution in [3.8, 4) is 11.5 Å². The maximum Gasteiger partial charge on any atom is 0.253 e. The summed E-state index contributed by atoms with van der Waals surface area (Å²) in [5.41, 5.74) is 2.03. The van der Waals surface area contributed by atoms with Crippen LogP contribution in [-0.4, -0.2) is 23.6 Å². The Labute approximate surface area is 191 Å². The highest BCUT2D eigenvalue weighted by Gasteiger charge is 2.34. The predicted octanol–water partition coefficient (Wildman–Crippen LogP) is 4.95. The van der Waals surface area contributed by atoms with Gasteiger partial charge in [0.15, 0.2) is 11.5 Å². The highest BCUT2D eigenvalue weighted by Crippen LogP contribution is 2.47. The summed E-state index contributed by atoms with van der Waals surface area (Å²) in [6.45, 7) is 4.11. The fraction of sp³-hybridized carbons (Fsp3) is 0.478. The Morgan fingerprint density at radius 2 is 1.90 bits per heavy atom. The Morgan fingerprint density at radius 3 is 2.61 bits per heavy atom. The van der Waals surface area contributed by atoms with Gasteiger partial charge in [-0.05, 0) is 50.3 Å². The van der Waals surface area contributed by atoms with E-state index in [2.05, 4.69) is 10.3 Å². The number of aromatic nitrogens is 1. The van der Waals surface area contributed by atoms with Crippen molar-refractivity contribution >= 4 is 29.1 Å². The standard InChI is InChI=1S/C23H26Cl2N2O4/c1-12-8-13(2)27-23(29)16(12)10-26-22(28)15-9-17(24)20-21(19(15)25)30-11-18(31-20)14-6-4-3-5-7-14/h8-9,14,18H,3-7,10-11H2,1-2H3,(H,26,28)(H,27,29)/t18-/m1/s1. The van der Waals surface area contributed by atoms with E-state index in [1.54, 1.807) is 0 Å². The molecule has 2 N–H and O–H groups in total. The van der Waals surface area contributed by atoms with Crippen molar-refractivity contribution in [2.24, 2.45) is 5.92 Å². The first-order chi connectivity index (χ1) is 14.8. The summed E-state index contributed by atoms with van der Waals surface area (Å²) in [5.74, 6) is 0.703. The molecule has 31 heavy (non-hydrogen) atoms. The van der Waals surface area contributed by atoms with Crippen molar-refractivity contribution in [2.45, 2.75) is 58.6 Å². The number of rotatable bonds is 4. The summed E-state index contributed by atoms with van der Waals surface area (Å²) in [7, 11) is 0. The van der Waals surface area contributed by atoms with E-state index in [1.165, 1.54) is 25.3 Å². The molecule has 0 radical (unpaired) electrons. The first kappa shape index (κ1) is 22.0. The van der Waals surface area contributed by atoms with Gasteiger partial charge in [-0.3, -0.25) is 9.59 Å². The van der Waals surface area contributed by atoms with Gasteiger partial charge in [-0.1, -0.05) is 42.5 Å². The summed E-state index contributed by atoms with van der Waals surface area (Å²) in [4.78, 5) is 27.8. The minimum absolute atomic E-state index is 0.0581. The maximum atomic E-state index is 12.8. The van der Waals surface area contributed by atoms with Gasteiger partial charge in [-0.2, -0.15) is 0 Å². The summed E-state index contributed by atoms with van der Waals surface area (Å²) >= 11 is 13.0. The molecule has 8 heteroatoms. The van der Waals surface area contributed by atoms with Gasteiger partial charge in [0.05, 0.1) is 15.6 Å². The molecular formula is C23H26Cl2N2O4. The van der Waals surface area contributed by atoms with Gasteiger partial charge >= 0.3 is 0 Å². The lowest BCUT2D eigenvalue weighted by molar-refractivity contribution is 0.0342. The van der Waals surface area contributed by atoms with Gasteiger partial charge in [0.1, 0.15) is 12.7 Å². The number of nitrogens with one attached hydrogen (secondary N) is 2. The third kappa shape index (κ3) is 4.55. The van der Waals surface area contributed by atoms with Crippen LogP contribution in [0.1, 0.15) is 59.3 Å². The number of aryl methyl sites for hydroxylation is 2. The number of benzene rings is 1. The number of hydrogen-bond acceptors (Lipinski definition) is 4. The van der Waals surface area contributed by atoms with Crippen molar-refractivity contribution in [2.75, 3.05) is 6.61 Å². The van der Waals surface area contributed by atoms with E-state index in [0.717, 1.165) is 24.1 Å². The van der Waals surface area contributed by atoms with Gasteiger partial charge < -0.3 is 19.8 Å². The second-order valence-electron chi connectivity index (χ2n) is 8.37. The molecule has 166 valence electrons. The molecule has 1 atom stereocenters. The molecule has 2 aliphatic rings. The number of fused-ring (bicyclic) bond motifs is 1. The summed E-state index contributed by atoms with van der Waals surface area (Å²) < 4.78 is 12.1. The highest BCUT2D eigenvalue weighted by atomic mass is 35.5. The van der Waals surface area contributed by atoms with Crippen LogP contribution in [0.4, 0.5) is 0 Å². The largest absolute Gasteiger partial charge is 0.484 e. The number of hydrogen-bond donors (Lipinski definition) is 2. The van der Waals surface area contributed by atoms with Crippen molar-refractivity contribution < 1.29 is 14.3 Å². The monoisotopic (exact) mass is 464 g/mol. The molecule has 1 aliphatic carbocycles. The topological polar surface area (TPSA) is 80.4 Å². The lowest BCUT2D eigenvalue weighted by Crippen LogP contribution is -2.37. The molecule has 1 amide bonds. The van der Waals surface area contributed by atoms with E-state index in [-0.39, 0.29) is 33.8 Å². The van der Waals surface area contributed by atoms with Crippen LogP contribution < -0.4 is 20.3 Å². The molecule has 2 aromatic rings. The quantitative estimate of drug-likeness (QED) is 0.670. The highest BCUT2D eigenvalue weighted by molar-refractivity contribution is 6.38. The molecule has 6 nitrogen and oxygen atoms in total. The molecule has 0 saturated heterocycles. The zero-order valence-corrected chi connectivity index (χ0v) is 19.2. The smallest absolute Gasteiger partial charge is 0.253 e. The van der Waals surface area contributed by atoms with E-state index in [0.29, 0.717) is 29.6 Å². The van der Waals surface area contributed by atoms with Gasteiger partial charge in [-0.15, -0.1) is 0 Å². The lowest BCUT2D eigenvalue weighted by Gasteiger charge is -2.35. The summed E-state index contributed by atoms with van der Waals surface area (Å²) in [5, 5.41) is 3.20. The first-order valence-electron chi connectivity index (χ1n) is 10.6. The molecule has 0 bridgehead atoms. The van der Waals surface area contributed by atoms with Gasteiger partial charge in [0.25, 0.3) is 11.5 Å². The Morgan fingerprint density at radius 1 is 1.16 bits per heavy atom. The molecule has 1 aromatic carbocycles. The number of pyridine rings is 1. The molecule has 0 spiro atoms. The minimum atomic E-state index is -0.438. The molecule has 2 heterocycles. The van der Waals surface area contributed by atoms with Gasteiger partial charge in [-0.25, -0.2) is 0 Å². The Kier molecular flexibility index (Phi) is 6.49. The van der Waals surface area contributed by atoms with Crippen LogP contribution >= 0.6 is 23.2 Å². The molecular weight excluding hydrogens is 439 g/mol. The van der Waals surface area contributed by atoms with Crippen LogP contribution in [0.15, 0.2) is 16.9 Å². The van der Waals surface area contributed by atoms with Crippen LogP contribution in [0.3, 0.4) is 0 Å². The SMILES string of the molecule is Cc1cc(C)c(CNC(=O)c2cc(Cl)c3c(c2Cl)OC[C@H](C2CCCCC2)O3)c(=O)[nH]1. The van der Waals surface area contributed by atoms with Crippen LogP contribution in [-0.2, 0) is 6.54 Å². The summed E-state index contributed by atoms with van der Waals surface area (Å²) in [6.07, 6.45) is 5.85. The second kappa shape index (κ2) is 9.13. The van der Waals surface area contributed by atoms with Crippen LogP contribution in [0, 0.1) is 19.8 Å². The van der Waals surface area contributed by atoms with E-state index >= 15 is 0 Å². The van der Waals surface area contributed by atoms with E-state index in [9.17, 15) is 9.59 Å². The number of ether oxygens (including phenoxy) is 2. The van der Waals surface area contributed by atoms with Crippen molar-refractivity contribution in [3.63, 3.8) is 0 Å². The normalized spacial score (nSPS) is 18.6. The Hall–Kier alpha value is -2.18. The van der Waals surface area contributed by atoms with Crippen LogP contribution in [0.25, 0.3) is 0 Å². The Balaban J connectivity index is 1.52. The number of H-pyrrole nitrogens is 1. The van der Waals surface area contributed by atoms with Gasteiger partial charge in [0.2, 0.25) is 0 Å². The molecule has 4 rings (SSSR count). The van der Waals surface area contributed by atoms with Crippen molar-refractivity contribution in [1.29, 1.82) is 0 Å². The Bertz CT molecular complexity index is 1060. The van der Waals surface area contributed by atoms with Gasteiger partial charge in [0, 0.05) is 17.8 Å². The molecule has 0 unspecified atom stereocenters.